The van der Waals surface area contributed by atoms with E-state index in [0.717, 1.165) is 30.0 Å². The molecular formula is C25H32NO4. The molecule has 161 valence electrons. The first-order chi connectivity index (χ1) is 14.7. The van der Waals surface area contributed by atoms with E-state index in [4.69, 9.17) is 14.2 Å². The second-order valence-electron chi connectivity index (χ2n) is 7.79. The van der Waals surface area contributed by atoms with Crippen LogP contribution in [0.15, 0.2) is 42.5 Å². The molecule has 5 nitrogen and oxygen atoms in total. The molecule has 1 saturated heterocycles. The Morgan fingerprint density at radius 3 is 2.60 bits per heavy atom. The lowest BCUT2D eigenvalue weighted by Crippen LogP contribution is -2.25. The van der Waals surface area contributed by atoms with E-state index in [2.05, 4.69) is 23.1 Å². The normalized spacial score (nSPS) is 15.0. The number of rotatable bonds is 11. The molecule has 30 heavy (non-hydrogen) atoms. The molecule has 0 saturated carbocycles. The van der Waals surface area contributed by atoms with Crippen LogP contribution >= 0.6 is 0 Å². The van der Waals surface area contributed by atoms with Crippen molar-refractivity contribution in [1.29, 1.82) is 0 Å². The first kappa shape index (κ1) is 22.2. The number of likely N-dealkylation sites (tertiary alicyclic amines) is 1. The quantitative estimate of drug-likeness (QED) is 0.521. The van der Waals surface area contributed by atoms with E-state index < -0.39 is 0 Å². The van der Waals surface area contributed by atoms with Crippen molar-refractivity contribution >= 4 is 5.97 Å². The first-order valence-electron chi connectivity index (χ1n) is 10.8. The molecule has 0 N–H and O–H groups in total. The lowest BCUT2D eigenvalue weighted by molar-refractivity contribution is -0.145. The molecule has 2 aromatic carbocycles. The van der Waals surface area contributed by atoms with E-state index in [1.165, 1.54) is 38.6 Å². The lowest BCUT2D eigenvalue weighted by Gasteiger charge is -2.16. The molecule has 0 bridgehead atoms. The molecular weight excluding hydrogens is 378 g/mol. The average molecular weight is 411 g/mol. The number of ether oxygens (including phenoxy) is 3. The second kappa shape index (κ2) is 11.6. The van der Waals surface area contributed by atoms with Gasteiger partial charge in [-0.05, 0) is 62.2 Å². The van der Waals surface area contributed by atoms with Crippen molar-refractivity contribution in [3.8, 4) is 11.5 Å². The molecule has 1 aliphatic rings. The van der Waals surface area contributed by atoms with E-state index in [1.807, 2.05) is 37.3 Å². The van der Waals surface area contributed by atoms with Gasteiger partial charge >= 0.3 is 5.97 Å². The van der Waals surface area contributed by atoms with Gasteiger partial charge in [-0.25, -0.2) is 0 Å². The maximum Gasteiger partial charge on any atom is 0.308 e. The standard InChI is InChI=1S/C25H32NO4/c1-20(25(27)28-2)13-17-29-23-11-9-21(10-12-23)19-22-7-3-4-8-24(22)30-18-16-26-14-5-6-15-26/h3-4,8-12,20H,5-6,13-19H2,1-2H3. The number of carbonyl (C=O) groups excluding carboxylic acids is 1. The molecule has 5 heteroatoms. The Hall–Kier alpha value is -2.53. The Bertz CT molecular complexity index is 784. The maximum atomic E-state index is 11.4. The number of methoxy groups -OCH3 is 1. The Morgan fingerprint density at radius 1 is 1.10 bits per heavy atom. The zero-order valence-electron chi connectivity index (χ0n) is 18.1. The van der Waals surface area contributed by atoms with Crippen molar-refractivity contribution in [2.75, 3.05) is 40.0 Å². The number of hydrogen-bond acceptors (Lipinski definition) is 5. The third-order valence-electron chi connectivity index (χ3n) is 5.49. The van der Waals surface area contributed by atoms with Gasteiger partial charge < -0.3 is 14.2 Å². The largest absolute Gasteiger partial charge is 0.494 e. The molecule has 1 atom stereocenters. The highest BCUT2D eigenvalue weighted by molar-refractivity contribution is 5.71. The highest BCUT2D eigenvalue weighted by Gasteiger charge is 2.13. The molecule has 1 aliphatic heterocycles. The van der Waals surface area contributed by atoms with E-state index in [1.54, 1.807) is 0 Å². The van der Waals surface area contributed by atoms with Gasteiger partial charge in [-0.1, -0.05) is 31.2 Å². The third kappa shape index (κ3) is 6.77. The summed E-state index contributed by atoms with van der Waals surface area (Å²) in [7, 11) is 1.41. The van der Waals surface area contributed by atoms with E-state index in [-0.39, 0.29) is 11.9 Å². The molecule has 1 fully saturated rings. The van der Waals surface area contributed by atoms with Gasteiger partial charge in [-0.15, -0.1) is 0 Å². The van der Waals surface area contributed by atoms with Crippen molar-refractivity contribution in [2.24, 2.45) is 5.92 Å². The summed E-state index contributed by atoms with van der Waals surface area (Å²) in [6, 6.07) is 17.3. The number of hydrogen-bond donors (Lipinski definition) is 0. The molecule has 3 rings (SSSR count). The molecule has 0 aromatic heterocycles. The number of nitrogens with zero attached hydrogens (tertiary/aromatic N) is 1. The van der Waals surface area contributed by atoms with Crippen molar-refractivity contribution in [2.45, 2.75) is 32.6 Å². The van der Waals surface area contributed by atoms with Crippen LogP contribution in [0.2, 0.25) is 0 Å². The summed E-state index contributed by atoms with van der Waals surface area (Å²) in [5, 5.41) is 0. The van der Waals surface area contributed by atoms with Crippen LogP contribution in [0.1, 0.15) is 37.3 Å². The van der Waals surface area contributed by atoms with Crippen molar-refractivity contribution in [3.63, 3.8) is 0 Å². The topological polar surface area (TPSA) is 48.0 Å². The lowest BCUT2D eigenvalue weighted by atomic mass is 10.0. The van der Waals surface area contributed by atoms with Gasteiger partial charge in [0.15, 0.2) is 0 Å². The van der Waals surface area contributed by atoms with Crippen LogP contribution in [0.4, 0.5) is 0 Å². The summed E-state index contributed by atoms with van der Waals surface area (Å²) in [5.74, 6) is 1.35. The third-order valence-corrected chi connectivity index (χ3v) is 5.49. The van der Waals surface area contributed by atoms with Gasteiger partial charge in [0.2, 0.25) is 0 Å². The minimum absolute atomic E-state index is 0.160. The number of benzene rings is 2. The molecule has 0 amide bonds. The van der Waals surface area contributed by atoms with Gasteiger partial charge in [0, 0.05) is 18.5 Å². The Balaban J connectivity index is 1.48. The minimum atomic E-state index is -0.202. The molecule has 1 radical (unpaired) electrons. The summed E-state index contributed by atoms with van der Waals surface area (Å²) >= 11 is 0. The second-order valence-corrected chi connectivity index (χ2v) is 7.79. The van der Waals surface area contributed by atoms with Crippen molar-refractivity contribution < 1.29 is 19.0 Å². The molecule has 2 aromatic rings. The van der Waals surface area contributed by atoms with Crippen LogP contribution in [0.25, 0.3) is 0 Å². The highest BCUT2D eigenvalue weighted by Crippen LogP contribution is 2.23. The highest BCUT2D eigenvalue weighted by atomic mass is 16.5. The summed E-state index contributed by atoms with van der Waals surface area (Å²) in [5.41, 5.74) is 2.25. The van der Waals surface area contributed by atoms with Gasteiger partial charge in [0.1, 0.15) is 18.1 Å². The minimum Gasteiger partial charge on any atom is -0.494 e. The average Bonchev–Trinajstić information content (AvgIpc) is 3.29. The molecule has 1 unspecified atom stereocenters. The van der Waals surface area contributed by atoms with Crippen LogP contribution < -0.4 is 9.47 Å². The molecule has 1 heterocycles. The Kier molecular flexibility index (Phi) is 8.57. The SMILES string of the molecule is COC(=O)C(C)CCOc1ccc(Cc2[c]cccc2OCCN2CCCC2)cc1. The van der Waals surface area contributed by atoms with E-state index in [9.17, 15) is 4.79 Å². The number of esters is 1. The summed E-state index contributed by atoms with van der Waals surface area (Å²) in [6.07, 6.45) is 3.99. The maximum absolute atomic E-state index is 11.4. The fourth-order valence-electron chi connectivity index (χ4n) is 3.60. The van der Waals surface area contributed by atoms with Crippen molar-refractivity contribution in [1.82, 2.24) is 4.90 Å². The van der Waals surface area contributed by atoms with Gasteiger partial charge in [-0.2, -0.15) is 0 Å². The fourth-order valence-corrected chi connectivity index (χ4v) is 3.60. The molecule has 0 spiro atoms. The van der Waals surface area contributed by atoms with Crippen LogP contribution in [-0.2, 0) is 16.0 Å². The van der Waals surface area contributed by atoms with Gasteiger partial charge in [0.05, 0.1) is 19.6 Å². The van der Waals surface area contributed by atoms with Crippen molar-refractivity contribution in [3.05, 3.63) is 59.7 Å². The smallest absolute Gasteiger partial charge is 0.308 e. The van der Waals surface area contributed by atoms with Crippen LogP contribution in [0, 0.1) is 12.0 Å². The Morgan fingerprint density at radius 2 is 1.87 bits per heavy atom. The summed E-state index contributed by atoms with van der Waals surface area (Å²) < 4.78 is 16.6. The van der Waals surface area contributed by atoms with Gasteiger partial charge in [-0.3, -0.25) is 9.69 Å². The first-order valence-corrected chi connectivity index (χ1v) is 10.8. The zero-order chi connectivity index (χ0) is 21.2. The Labute approximate surface area is 179 Å². The zero-order valence-corrected chi connectivity index (χ0v) is 18.1. The number of carbonyl (C=O) groups is 1. The summed E-state index contributed by atoms with van der Waals surface area (Å²) in [4.78, 5) is 13.9. The van der Waals surface area contributed by atoms with E-state index >= 15 is 0 Å². The summed E-state index contributed by atoms with van der Waals surface area (Å²) in [6.45, 7) is 6.40. The van der Waals surface area contributed by atoms with Crippen LogP contribution in [-0.4, -0.2) is 50.8 Å². The predicted octanol–water partition coefficient (Wildman–Crippen LogP) is 4.13. The monoisotopic (exact) mass is 410 g/mol. The fraction of sp³-hybridized carbons (Fsp3) is 0.480. The molecule has 0 aliphatic carbocycles. The van der Waals surface area contributed by atoms with Gasteiger partial charge in [0.25, 0.3) is 0 Å². The van der Waals surface area contributed by atoms with E-state index in [0.29, 0.717) is 19.6 Å². The van der Waals surface area contributed by atoms with Crippen LogP contribution in [0.5, 0.6) is 11.5 Å². The predicted molar refractivity (Wildman–Crippen MR) is 117 cm³/mol. The van der Waals surface area contributed by atoms with Crippen LogP contribution in [0.3, 0.4) is 0 Å².